The second-order valence-corrected chi connectivity index (χ2v) is 3.18. The summed E-state index contributed by atoms with van der Waals surface area (Å²) in [6.07, 6.45) is 0. The van der Waals surface area contributed by atoms with E-state index >= 15 is 0 Å². The van der Waals surface area contributed by atoms with Crippen LogP contribution in [0.5, 0.6) is 0 Å². The van der Waals surface area contributed by atoms with Gasteiger partial charge >= 0.3 is 34.2 Å². The first-order valence-electron chi connectivity index (χ1n) is 0.654. The Labute approximate surface area is 40.9 Å². The molecule has 0 aliphatic heterocycles. The van der Waals surface area contributed by atoms with Crippen LogP contribution in [0.25, 0.3) is 0 Å². The maximum absolute atomic E-state index is 8.91. The molecule has 0 aliphatic rings. The molecule has 0 radical (unpaired) electrons. The topological polar surface area (TPSA) is 93.7 Å². The molecule has 4 nitrogen and oxygen atoms in total. The SMILES string of the molecule is [NH4+].[O]=[Cr](=[O])([O-])[Cl]. The second kappa shape index (κ2) is 2.50. The van der Waals surface area contributed by atoms with Crippen molar-refractivity contribution in [1.82, 2.24) is 6.15 Å². The van der Waals surface area contributed by atoms with Gasteiger partial charge in [0, 0.05) is 0 Å². The van der Waals surface area contributed by atoms with Crippen molar-refractivity contribution in [1.29, 1.82) is 0 Å². The standard InChI is InChI=1S/ClH.Cr.H3N.3O/h1H;;1H3;;;/q;+1;;;;-1. The van der Waals surface area contributed by atoms with Crippen LogP contribution in [0.1, 0.15) is 0 Å². The molecule has 0 bridgehead atoms. The quantitative estimate of drug-likeness (QED) is 0.515. The summed E-state index contributed by atoms with van der Waals surface area (Å²) in [5.41, 5.74) is 0. The summed E-state index contributed by atoms with van der Waals surface area (Å²) in [4.78, 5) is 0. The molecule has 0 rings (SSSR count). The van der Waals surface area contributed by atoms with E-state index in [4.69, 9.17) is 11.8 Å². The van der Waals surface area contributed by atoms with E-state index < -0.39 is 12.4 Å². The summed E-state index contributed by atoms with van der Waals surface area (Å²) in [5, 5.41) is 0. The molecule has 0 amide bonds. The van der Waals surface area contributed by atoms with Gasteiger partial charge in [0.1, 0.15) is 0 Å². The average molecular weight is 153 g/mol. The number of quaternary nitrogens is 1. The zero-order chi connectivity index (χ0) is 4.50. The minimum atomic E-state index is -5.03. The number of halogens is 1. The average Bonchev–Trinajstić information content (AvgIpc) is 0.722. The van der Waals surface area contributed by atoms with Gasteiger partial charge in [-0.15, -0.1) is 0 Å². The van der Waals surface area contributed by atoms with Gasteiger partial charge in [0.2, 0.25) is 0 Å². The van der Waals surface area contributed by atoms with Crippen molar-refractivity contribution < 1.29 is 24.1 Å². The fourth-order valence-corrected chi connectivity index (χ4v) is 0. The zero-order valence-electron chi connectivity index (χ0n) is 3.01. The molecule has 0 aromatic rings. The molecule has 0 aliphatic carbocycles. The van der Waals surface area contributed by atoms with Crippen LogP contribution in [-0.4, -0.2) is 0 Å². The van der Waals surface area contributed by atoms with Crippen molar-refractivity contribution in [2.75, 3.05) is 0 Å². The first-order chi connectivity index (χ1) is 2.00. The van der Waals surface area contributed by atoms with Crippen molar-refractivity contribution in [2.45, 2.75) is 0 Å². The maximum atomic E-state index is 8.91. The molecule has 0 aromatic carbocycles. The van der Waals surface area contributed by atoms with Gasteiger partial charge in [-0.2, -0.15) is 0 Å². The summed E-state index contributed by atoms with van der Waals surface area (Å²) in [7, 11) is 4.02. The second-order valence-electron chi connectivity index (χ2n) is 0.393. The van der Waals surface area contributed by atoms with E-state index in [0.29, 0.717) is 0 Å². The van der Waals surface area contributed by atoms with Crippen LogP contribution in [0.3, 0.4) is 0 Å². The van der Waals surface area contributed by atoms with Crippen molar-refractivity contribution in [3.8, 4) is 0 Å². The molecule has 4 N–H and O–H groups in total. The summed E-state index contributed by atoms with van der Waals surface area (Å²) in [6.45, 7) is 0. The Bertz CT molecular complexity index is 94.0. The Morgan fingerprint density at radius 1 is 1.50 bits per heavy atom. The van der Waals surface area contributed by atoms with E-state index in [2.05, 4.69) is 10.0 Å². The van der Waals surface area contributed by atoms with E-state index in [1.54, 1.807) is 0 Å². The predicted octanol–water partition coefficient (Wildman–Crippen LogP) is -0.363. The predicted molar refractivity (Wildman–Crippen MR) is 13.2 cm³/mol. The van der Waals surface area contributed by atoms with Crippen LogP contribution in [0, 0.1) is 0 Å². The van der Waals surface area contributed by atoms with E-state index in [1.807, 2.05) is 0 Å². The van der Waals surface area contributed by atoms with E-state index in [-0.39, 0.29) is 6.15 Å². The number of hydrogen-bond acceptors (Lipinski definition) is 3. The van der Waals surface area contributed by atoms with E-state index in [1.165, 1.54) is 0 Å². The van der Waals surface area contributed by atoms with Crippen molar-refractivity contribution in [3.05, 3.63) is 0 Å². The Hall–Kier alpha value is 0.342. The Morgan fingerprint density at radius 2 is 1.50 bits per heavy atom. The summed E-state index contributed by atoms with van der Waals surface area (Å²) >= 11 is -5.03. The molecule has 0 saturated carbocycles. The van der Waals surface area contributed by atoms with Crippen LogP contribution >= 0.6 is 10.0 Å². The van der Waals surface area contributed by atoms with E-state index in [0.717, 1.165) is 0 Å². The molecule has 6 heavy (non-hydrogen) atoms. The fourth-order valence-electron chi connectivity index (χ4n) is 0. The monoisotopic (exact) mass is 153 g/mol. The van der Waals surface area contributed by atoms with Gasteiger partial charge in [0.05, 0.1) is 0 Å². The molecule has 0 aromatic heterocycles. The van der Waals surface area contributed by atoms with Gasteiger partial charge in [-0.05, 0) is 0 Å². The van der Waals surface area contributed by atoms with Crippen molar-refractivity contribution in [2.24, 2.45) is 0 Å². The van der Waals surface area contributed by atoms with Gasteiger partial charge < -0.3 is 6.15 Å². The van der Waals surface area contributed by atoms with Gasteiger partial charge in [0.25, 0.3) is 0 Å². The van der Waals surface area contributed by atoms with Gasteiger partial charge in [-0.1, -0.05) is 0 Å². The fraction of sp³-hybridized carbons (Fsp3) is 0. The summed E-state index contributed by atoms with van der Waals surface area (Å²) in [5.74, 6) is 0. The molecule has 0 unspecified atom stereocenters. The number of hydrogen-bond donors (Lipinski definition) is 1. The summed E-state index contributed by atoms with van der Waals surface area (Å²) < 4.78 is 26.7. The molecule has 6 heteroatoms. The Kier molecular flexibility index (Phi) is 4.01. The van der Waals surface area contributed by atoms with Gasteiger partial charge in [-0.3, -0.25) is 0 Å². The molecular formula is H4ClCrNO3. The molecule has 40 valence electrons. The van der Waals surface area contributed by atoms with Gasteiger partial charge in [-0.25, -0.2) is 0 Å². The third-order valence-corrected chi connectivity index (χ3v) is 0. The minimum absolute atomic E-state index is 0. The number of rotatable bonds is 0. The normalized spacial score (nSPS) is 9.67. The molecule has 0 atom stereocenters. The van der Waals surface area contributed by atoms with Crippen LogP contribution in [0.15, 0.2) is 0 Å². The van der Waals surface area contributed by atoms with E-state index in [9.17, 15) is 0 Å². The Balaban J connectivity index is 0. The van der Waals surface area contributed by atoms with Crippen LogP contribution < -0.4 is 10.3 Å². The van der Waals surface area contributed by atoms with Crippen molar-refractivity contribution in [3.63, 3.8) is 0 Å². The summed E-state index contributed by atoms with van der Waals surface area (Å²) in [6, 6.07) is 0. The molecule has 0 fully saturated rings. The molecule has 0 heterocycles. The van der Waals surface area contributed by atoms with Crippen LogP contribution in [0.2, 0.25) is 0 Å². The van der Waals surface area contributed by atoms with Crippen molar-refractivity contribution >= 4 is 10.0 Å². The van der Waals surface area contributed by atoms with Crippen LogP contribution in [0.4, 0.5) is 0 Å². The zero-order valence-corrected chi connectivity index (χ0v) is 5.04. The molecular weight excluding hydrogens is 149 g/mol. The Morgan fingerprint density at radius 3 is 1.50 bits per heavy atom. The van der Waals surface area contributed by atoms with Crippen LogP contribution in [-0.2, 0) is 20.0 Å². The third kappa shape index (κ3) is 414. The third-order valence-electron chi connectivity index (χ3n) is 0. The first-order valence-corrected chi connectivity index (χ1v) is 3.97. The first kappa shape index (κ1) is 9.60. The molecule has 0 spiro atoms. The van der Waals surface area contributed by atoms with Gasteiger partial charge in [0.15, 0.2) is 0 Å². The molecule has 0 saturated heterocycles.